The number of methoxy groups -OCH3 is 1. The van der Waals surface area contributed by atoms with Crippen LogP contribution in [-0.4, -0.2) is 35.6 Å². The molecule has 0 radical (unpaired) electrons. The molecule has 9 heteroatoms. The third-order valence-electron chi connectivity index (χ3n) is 3.68. The standard InChI is InChI=1S/C18H18N2O7/c1-11-8-14(20(24)25)15(26-2)9-13(11)19-16(21)10-27-18(23)17(22)12-6-4-3-5-7-12/h3-9,17,22H,10H2,1-2H3,(H,19,21)/t17-/m0/s1. The summed E-state index contributed by atoms with van der Waals surface area (Å²) in [5.41, 5.74) is 0.831. The predicted molar refractivity (Wildman–Crippen MR) is 95.4 cm³/mol. The van der Waals surface area contributed by atoms with Crippen molar-refractivity contribution in [3.8, 4) is 5.75 Å². The van der Waals surface area contributed by atoms with E-state index >= 15 is 0 Å². The second-order valence-corrected chi connectivity index (χ2v) is 5.57. The van der Waals surface area contributed by atoms with Gasteiger partial charge in [0.15, 0.2) is 18.5 Å². The van der Waals surface area contributed by atoms with Gasteiger partial charge in [-0.05, 0) is 18.1 Å². The molecule has 142 valence electrons. The van der Waals surface area contributed by atoms with E-state index in [1.807, 2.05) is 0 Å². The van der Waals surface area contributed by atoms with Gasteiger partial charge in [-0.25, -0.2) is 4.79 Å². The molecule has 2 N–H and O–H groups in total. The summed E-state index contributed by atoms with van der Waals surface area (Å²) < 4.78 is 9.76. The zero-order chi connectivity index (χ0) is 20.0. The van der Waals surface area contributed by atoms with Crippen LogP contribution in [0.25, 0.3) is 0 Å². The number of benzene rings is 2. The molecule has 1 amide bonds. The van der Waals surface area contributed by atoms with Gasteiger partial charge in [-0.1, -0.05) is 30.3 Å². The molecule has 0 fully saturated rings. The number of nitrogens with zero attached hydrogens (tertiary/aromatic N) is 1. The molecule has 0 heterocycles. The lowest BCUT2D eigenvalue weighted by Gasteiger charge is -2.13. The number of aliphatic hydroxyl groups is 1. The number of rotatable bonds is 7. The Morgan fingerprint density at radius 2 is 1.93 bits per heavy atom. The normalized spacial score (nSPS) is 11.4. The SMILES string of the molecule is COc1cc(NC(=O)COC(=O)[C@@H](O)c2ccccc2)c(C)cc1[N+](=O)[O-]. The molecule has 0 bridgehead atoms. The molecule has 2 aromatic rings. The highest BCUT2D eigenvalue weighted by molar-refractivity contribution is 5.94. The number of nitro benzene ring substituents is 1. The first-order chi connectivity index (χ1) is 12.8. The Labute approximate surface area is 154 Å². The fourth-order valence-electron chi connectivity index (χ4n) is 2.29. The zero-order valence-electron chi connectivity index (χ0n) is 14.7. The van der Waals surface area contributed by atoms with E-state index in [1.54, 1.807) is 37.3 Å². The molecule has 0 saturated carbocycles. The largest absolute Gasteiger partial charge is 0.490 e. The molecule has 2 rings (SSSR count). The first-order valence-electron chi connectivity index (χ1n) is 7.86. The molecule has 0 unspecified atom stereocenters. The number of carbonyl (C=O) groups is 2. The average molecular weight is 374 g/mol. The van der Waals surface area contributed by atoms with Gasteiger partial charge in [-0.15, -0.1) is 0 Å². The summed E-state index contributed by atoms with van der Waals surface area (Å²) in [5.74, 6) is -1.64. The number of anilines is 1. The number of esters is 1. The molecule has 2 aromatic carbocycles. The summed E-state index contributed by atoms with van der Waals surface area (Å²) in [6, 6.07) is 10.7. The third-order valence-corrected chi connectivity index (χ3v) is 3.68. The van der Waals surface area contributed by atoms with Crippen molar-refractivity contribution in [3.05, 3.63) is 63.7 Å². The van der Waals surface area contributed by atoms with Gasteiger partial charge in [0.2, 0.25) is 0 Å². The van der Waals surface area contributed by atoms with Crippen LogP contribution < -0.4 is 10.1 Å². The molecule has 0 aromatic heterocycles. The van der Waals surface area contributed by atoms with Gasteiger partial charge in [0.1, 0.15) is 0 Å². The van der Waals surface area contributed by atoms with Crippen LogP contribution in [-0.2, 0) is 14.3 Å². The Balaban J connectivity index is 1.99. The number of nitro groups is 1. The minimum absolute atomic E-state index is 0.0163. The monoisotopic (exact) mass is 374 g/mol. The molecular formula is C18H18N2O7. The Bertz CT molecular complexity index is 852. The van der Waals surface area contributed by atoms with Crippen LogP contribution in [0.2, 0.25) is 0 Å². The lowest BCUT2D eigenvalue weighted by molar-refractivity contribution is -0.385. The van der Waals surface area contributed by atoms with Crippen LogP contribution in [0.4, 0.5) is 11.4 Å². The highest BCUT2D eigenvalue weighted by Gasteiger charge is 2.21. The minimum atomic E-state index is -1.50. The van der Waals surface area contributed by atoms with Crippen molar-refractivity contribution in [3.63, 3.8) is 0 Å². The molecule has 27 heavy (non-hydrogen) atoms. The average Bonchev–Trinajstić information content (AvgIpc) is 2.67. The number of aliphatic hydroxyl groups excluding tert-OH is 1. The maximum atomic E-state index is 12.0. The lowest BCUT2D eigenvalue weighted by Crippen LogP contribution is -2.24. The zero-order valence-corrected chi connectivity index (χ0v) is 14.7. The van der Waals surface area contributed by atoms with Gasteiger partial charge >= 0.3 is 11.7 Å². The first kappa shape index (κ1) is 19.9. The van der Waals surface area contributed by atoms with E-state index in [0.717, 1.165) is 0 Å². The quantitative estimate of drug-likeness (QED) is 0.431. The fraction of sp³-hybridized carbons (Fsp3) is 0.222. The summed E-state index contributed by atoms with van der Waals surface area (Å²) in [5, 5.41) is 23.4. The molecule has 0 saturated heterocycles. The molecule has 0 aliphatic heterocycles. The third kappa shape index (κ3) is 5.02. The van der Waals surface area contributed by atoms with Gasteiger partial charge in [0.05, 0.1) is 12.0 Å². The van der Waals surface area contributed by atoms with Crippen LogP contribution in [0.15, 0.2) is 42.5 Å². The topological polar surface area (TPSA) is 128 Å². The lowest BCUT2D eigenvalue weighted by atomic mass is 10.1. The van der Waals surface area contributed by atoms with E-state index in [1.165, 1.54) is 19.2 Å². The van der Waals surface area contributed by atoms with Gasteiger partial charge in [0.25, 0.3) is 5.91 Å². The maximum absolute atomic E-state index is 12.0. The Morgan fingerprint density at radius 3 is 2.52 bits per heavy atom. The smallest absolute Gasteiger partial charge is 0.340 e. The number of ether oxygens (including phenoxy) is 2. The first-order valence-corrected chi connectivity index (χ1v) is 7.86. The number of hydrogen-bond acceptors (Lipinski definition) is 7. The molecule has 9 nitrogen and oxygen atoms in total. The van der Waals surface area contributed by atoms with Crippen molar-refractivity contribution in [1.29, 1.82) is 0 Å². The van der Waals surface area contributed by atoms with Crippen molar-refractivity contribution >= 4 is 23.3 Å². The van der Waals surface area contributed by atoms with Crippen LogP contribution >= 0.6 is 0 Å². The second kappa shape index (κ2) is 8.77. The van der Waals surface area contributed by atoms with Gasteiger partial charge in [-0.2, -0.15) is 0 Å². The molecule has 0 spiro atoms. The second-order valence-electron chi connectivity index (χ2n) is 5.57. The Hall–Kier alpha value is -3.46. The predicted octanol–water partition coefficient (Wildman–Crippen LogP) is 2.13. The van der Waals surface area contributed by atoms with Crippen molar-refractivity contribution in [2.24, 2.45) is 0 Å². The van der Waals surface area contributed by atoms with E-state index in [-0.39, 0.29) is 17.1 Å². The minimum Gasteiger partial charge on any atom is -0.490 e. The summed E-state index contributed by atoms with van der Waals surface area (Å²) in [4.78, 5) is 34.2. The van der Waals surface area contributed by atoms with E-state index in [4.69, 9.17) is 9.47 Å². The van der Waals surface area contributed by atoms with E-state index < -0.39 is 29.5 Å². The van der Waals surface area contributed by atoms with Crippen molar-refractivity contribution < 1.29 is 29.1 Å². The molecule has 1 atom stereocenters. The van der Waals surface area contributed by atoms with Crippen LogP contribution in [0.3, 0.4) is 0 Å². The molecule has 0 aliphatic rings. The van der Waals surface area contributed by atoms with Gasteiger partial charge < -0.3 is 19.9 Å². The number of carbonyl (C=O) groups excluding carboxylic acids is 2. The summed E-state index contributed by atoms with van der Waals surface area (Å²) in [7, 11) is 1.27. The number of nitrogens with one attached hydrogen (secondary N) is 1. The highest BCUT2D eigenvalue weighted by atomic mass is 16.6. The Kier molecular flexibility index (Phi) is 6.45. The van der Waals surface area contributed by atoms with Crippen molar-refractivity contribution in [2.45, 2.75) is 13.0 Å². The van der Waals surface area contributed by atoms with Gasteiger partial charge in [0, 0.05) is 17.8 Å². The van der Waals surface area contributed by atoms with E-state index in [2.05, 4.69) is 5.32 Å². The fourth-order valence-corrected chi connectivity index (χ4v) is 2.29. The molecular weight excluding hydrogens is 356 g/mol. The van der Waals surface area contributed by atoms with Gasteiger partial charge in [-0.3, -0.25) is 14.9 Å². The summed E-state index contributed by atoms with van der Waals surface area (Å²) in [6.45, 7) is 0.953. The highest BCUT2D eigenvalue weighted by Crippen LogP contribution is 2.32. The van der Waals surface area contributed by atoms with Crippen LogP contribution in [0.1, 0.15) is 17.2 Å². The number of hydrogen-bond donors (Lipinski definition) is 2. The van der Waals surface area contributed by atoms with E-state index in [9.17, 15) is 24.8 Å². The molecule has 0 aliphatic carbocycles. The van der Waals surface area contributed by atoms with Crippen LogP contribution in [0.5, 0.6) is 5.75 Å². The number of aryl methyl sites for hydroxylation is 1. The van der Waals surface area contributed by atoms with E-state index in [0.29, 0.717) is 11.1 Å². The Morgan fingerprint density at radius 1 is 1.26 bits per heavy atom. The maximum Gasteiger partial charge on any atom is 0.340 e. The summed E-state index contributed by atoms with van der Waals surface area (Å²) >= 11 is 0. The van der Waals surface area contributed by atoms with Crippen molar-refractivity contribution in [1.82, 2.24) is 0 Å². The van der Waals surface area contributed by atoms with Crippen molar-refractivity contribution in [2.75, 3.05) is 19.0 Å². The summed E-state index contributed by atoms with van der Waals surface area (Å²) in [6.07, 6.45) is -1.50. The number of amides is 1. The van der Waals surface area contributed by atoms with Crippen LogP contribution in [0, 0.1) is 17.0 Å².